The van der Waals surface area contributed by atoms with Crippen LogP contribution in [0.4, 0.5) is 0 Å². The molecule has 0 aliphatic carbocycles. The molecule has 1 amide bonds. The van der Waals surface area contributed by atoms with Gasteiger partial charge in [-0.2, -0.15) is 0 Å². The molecule has 2 heteroatoms. The van der Waals surface area contributed by atoms with Crippen LogP contribution in [0.25, 0.3) is 0 Å². The fourth-order valence-electron chi connectivity index (χ4n) is 0.380. The van der Waals surface area contributed by atoms with Gasteiger partial charge in [-0.1, -0.05) is 13.0 Å². The summed E-state index contributed by atoms with van der Waals surface area (Å²) >= 11 is 0. The van der Waals surface area contributed by atoms with E-state index >= 15 is 0 Å². The number of amides is 1. The van der Waals surface area contributed by atoms with Crippen molar-refractivity contribution in [3.8, 4) is 0 Å². The van der Waals surface area contributed by atoms with E-state index < -0.39 is 0 Å². The largest absolute Gasteiger partial charge is 0.330 e. The quantitative estimate of drug-likeness (QED) is 0.597. The predicted molar refractivity (Wildman–Crippen MR) is 37.9 cm³/mol. The molecule has 0 bridgehead atoms. The van der Waals surface area contributed by atoms with Crippen molar-refractivity contribution in [3.05, 3.63) is 11.8 Å². The van der Waals surface area contributed by atoms with E-state index in [2.05, 4.69) is 5.32 Å². The van der Waals surface area contributed by atoms with Gasteiger partial charge in [0.15, 0.2) is 0 Å². The highest BCUT2D eigenvalue weighted by Gasteiger charge is 1.93. The Balaban J connectivity index is 3.60. The van der Waals surface area contributed by atoms with E-state index in [4.69, 9.17) is 0 Å². The zero-order valence-electron chi connectivity index (χ0n) is 6.19. The number of hydrogen-bond donors (Lipinski definition) is 1. The van der Waals surface area contributed by atoms with Gasteiger partial charge >= 0.3 is 0 Å². The van der Waals surface area contributed by atoms with Crippen molar-refractivity contribution in [2.24, 2.45) is 0 Å². The first-order valence-corrected chi connectivity index (χ1v) is 3.13. The molecule has 0 atom stereocenters. The van der Waals surface area contributed by atoms with E-state index in [9.17, 15) is 4.79 Å². The average Bonchev–Trinajstić information content (AvgIpc) is 1.87. The van der Waals surface area contributed by atoms with Crippen molar-refractivity contribution < 1.29 is 4.79 Å². The van der Waals surface area contributed by atoms with Crippen LogP contribution < -0.4 is 5.32 Å². The maximum Gasteiger partial charge on any atom is 0.223 e. The molecule has 52 valence electrons. The molecule has 0 aromatic rings. The van der Waals surface area contributed by atoms with Crippen molar-refractivity contribution in [1.29, 1.82) is 0 Å². The van der Waals surface area contributed by atoms with Gasteiger partial charge in [-0.25, -0.2) is 0 Å². The predicted octanol–water partition coefficient (Wildman–Crippen LogP) is 1.44. The van der Waals surface area contributed by atoms with Crippen LogP contribution in [0.3, 0.4) is 0 Å². The van der Waals surface area contributed by atoms with Crippen LogP contribution >= 0.6 is 0 Å². The second kappa shape index (κ2) is 4.13. The first-order valence-electron chi connectivity index (χ1n) is 3.13. The fourth-order valence-corrected chi connectivity index (χ4v) is 0.380. The molecular weight excluding hydrogens is 114 g/mol. The summed E-state index contributed by atoms with van der Waals surface area (Å²) in [5.74, 6) is 0.0746. The van der Waals surface area contributed by atoms with E-state index in [1.807, 2.05) is 26.8 Å². The summed E-state index contributed by atoms with van der Waals surface area (Å²) in [6.45, 7) is 5.59. The van der Waals surface area contributed by atoms with Crippen molar-refractivity contribution in [2.45, 2.75) is 27.2 Å². The molecule has 0 aliphatic rings. The Labute approximate surface area is 56.0 Å². The van der Waals surface area contributed by atoms with Gasteiger partial charge in [0.1, 0.15) is 0 Å². The summed E-state index contributed by atoms with van der Waals surface area (Å²) in [6, 6.07) is 0. The number of carbonyl (C=O) groups is 1. The second-order valence-corrected chi connectivity index (χ2v) is 1.87. The van der Waals surface area contributed by atoms with Crippen LogP contribution in [0, 0.1) is 0 Å². The lowest BCUT2D eigenvalue weighted by Gasteiger charge is -1.99. The molecule has 0 rings (SSSR count). The van der Waals surface area contributed by atoms with Gasteiger partial charge in [-0.3, -0.25) is 4.79 Å². The third kappa shape index (κ3) is 3.76. The summed E-state index contributed by atoms with van der Waals surface area (Å²) in [5.41, 5.74) is 0.918. The van der Waals surface area contributed by atoms with Gasteiger partial charge in [0.2, 0.25) is 5.91 Å². The van der Waals surface area contributed by atoms with Gasteiger partial charge in [0, 0.05) is 12.1 Å². The first-order chi connectivity index (χ1) is 4.20. The zero-order valence-corrected chi connectivity index (χ0v) is 6.19. The van der Waals surface area contributed by atoms with E-state index in [-0.39, 0.29) is 5.91 Å². The minimum atomic E-state index is 0.0746. The summed E-state index contributed by atoms with van der Waals surface area (Å²) in [5, 5.41) is 2.70. The van der Waals surface area contributed by atoms with Crippen molar-refractivity contribution >= 4 is 5.91 Å². The number of nitrogens with one attached hydrogen (secondary N) is 1. The number of rotatable bonds is 2. The number of carbonyl (C=O) groups excluding carboxylic acids is 1. The highest BCUT2D eigenvalue weighted by Crippen LogP contribution is 1.85. The van der Waals surface area contributed by atoms with Gasteiger partial charge in [0.25, 0.3) is 0 Å². The monoisotopic (exact) mass is 127 g/mol. The third-order valence-corrected chi connectivity index (χ3v) is 1.09. The van der Waals surface area contributed by atoms with Gasteiger partial charge in [-0.05, 0) is 13.8 Å². The Morgan fingerprint density at radius 2 is 2.22 bits per heavy atom. The van der Waals surface area contributed by atoms with Crippen LogP contribution in [-0.2, 0) is 4.79 Å². The molecule has 0 aromatic heterocycles. The van der Waals surface area contributed by atoms with Gasteiger partial charge < -0.3 is 5.32 Å². The Bertz CT molecular complexity index is 127. The second-order valence-electron chi connectivity index (χ2n) is 1.87. The topological polar surface area (TPSA) is 29.1 Å². The fraction of sp³-hybridized carbons (Fsp3) is 0.571. The molecule has 0 heterocycles. The lowest BCUT2D eigenvalue weighted by molar-refractivity contribution is -0.120. The van der Waals surface area contributed by atoms with Crippen LogP contribution in [0.5, 0.6) is 0 Å². The van der Waals surface area contributed by atoms with Crippen LogP contribution in [0.1, 0.15) is 27.2 Å². The Morgan fingerprint density at radius 3 is 2.56 bits per heavy atom. The lowest BCUT2D eigenvalue weighted by Crippen LogP contribution is -2.19. The van der Waals surface area contributed by atoms with Crippen molar-refractivity contribution in [3.63, 3.8) is 0 Å². The molecule has 0 radical (unpaired) electrons. The maximum atomic E-state index is 10.6. The number of allylic oxidation sites excluding steroid dienone is 2. The highest BCUT2D eigenvalue weighted by molar-refractivity contribution is 5.77. The standard InChI is InChI=1S/C7H13NO/c1-4-6(3)8-7(9)5-2/h4H,5H2,1-3H3,(H,8,9)/b6-4+. The smallest absolute Gasteiger partial charge is 0.223 e. The maximum absolute atomic E-state index is 10.6. The molecule has 9 heavy (non-hydrogen) atoms. The minimum absolute atomic E-state index is 0.0746. The van der Waals surface area contributed by atoms with E-state index in [1.165, 1.54) is 0 Å². The van der Waals surface area contributed by atoms with Crippen molar-refractivity contribution in [1.82, 2.24) is 5.32 Å². The highest BCUT2D eigenvalue weighted by atomic mass is 16.1. The normalized spacial score (nSPS) is 11.2. The molecule has 0 saturated carbocycles. The molecule has 0 aromatic carbocycles. The molecule has 0 spiro atoms. The third-order valence-electron chi connectivity index (χ3n) is 1.09. The SMILES string of the molecule is C/C=C(\C)NC(=O)CC. The lowest BCUT2D eigenvalue weighted by atomic mass is 10.4. The van der Waals surface area contributed by atoms with Gasteiger partial charge in [-0.15, -0.1) is 0 Å². The van der Waals surface area contributed by atoms with Gasteiger partial charge in [0.05, 0.1) is 0 Å². The number of hydrogen-bond acceptors (Lipinski definition) is 1. The van der Waals surface area contributed by atoms with Crippen molar-refractivity contribution in [2.75, 3.05) is 0 Å². The minimum Gasteiger partial charge on any atom is -0.330 e. The Kier molecular flexibility index (Phi) is 3.76. The molecule has 0 fully saturated rings. The summed E-state index contributed by atoms with van der Waals surface area (Å²) in [4.78, 5) is 10.6. The van der Waals surface area contributed by atoms with Crippen LogP contribution in [-0.4, -0.2) is 5.91 Å². The Hall–Kier alpha value is -0.790. The summed E-state index contributed by atoms with van der Waals surface area (Å²) in [6.07, 6.45) is 2.42. The van der Waals surface area contributed by atoms with E-state index in [0.29, 0.717) is 6.42 Å². The average molecular weight is 127 g/mol. The van der Waals surface area contributed by atoms with Crippen LogP contribution in [0.2, 0.25) is 0 Å². The molecule has 0 unspecified atom stereocenters. The summed E-state index contributed by atoms with van der Waals surface area (Å²) < 4.78 is 0. The van der Waals surface area contributed by atoms with E-state index in [1.54, 1.807) is 0 Å². The molecular formula is C7H13NO. The van der Waals surface area contributed by atoms with E-state index in [0.717, 1.165) is 5.70 Å². The molecule has 0 saturated heterocycles. The Morgan fingerprint density at radius 1 is 1.67 bits per heavy atom. The molecule has 1 N–H and O–H groups in total. The molecule has 2 nitrogen and oxygen atoms in total. The zero-order chi connectivity index (χ0) is 7.28. The van der Waals surface area contributed by atoms with Crippen LogP contribution in [0.15, 0.2) is 11.8 Å². The molecule has 0 aliphatic heterocycles. The first kappa shape index (κ1) is 8.21. The summed E-state index contributed by atoms with van der Waals surface area (Å²) in [7, 11) is 0.